The molecule has 13 heteroatoms. The van der Waals surface area contributed by atoms with Crippen LogP contribution < -0.4 is 14.9 Å². The van der Waals surface area contributed by atoms with Crippen molar-refractivity contribution in [2.45, 2.75) is 20.0 Å². The summed E-state index contributed by atoms with van der Waals surface area (Å²) in [6.07, 6.45) is -5.12. The van der Waals surface area contributed by atoms with Gasteiger partial charge < -0.3 is 13.9 Å². The molecule has 0 aliphatic carbocycles. The van der Waals surface area contributed by atoms with Gasteiger partial charge in [-0.05, 0) is 61.4 Å². The van der Waals surface area contributed by atoms with Gasteiger partial charge in [0.1, 0.15) is 22.1 Å². The molecule has 8 nitrogen and oxygen atoms in total. The van der Waals surface area contributed by atoms with E-state index in [0.717, 1.165) is 30.3 Å². The van der Waals surface area contributed by atoms with Gasteiger partial charge in [-0.1, -0.05) is 23.2 Å². The Morgan fingerprint density at radius 2 is 1.66 bits per heavy atom. The quantitative estimate of drug-likeness (QED) is 0.105. The average Bonchev–Trinajstić information content (AvgIpc) is 2.83. The number of nitro groups is 1. The van der Waals surface area contributed by atoms with Crippen LogP contribution in [-0.4, -0.2) is 10.9 Å². The number of esters is 1. The van der Waals surface area contributed by atoms with E-state index in [-0.39, 0.29) is 27.5 Å². The van der Waals surface area contributed by atoms with E-state index >= 15 is 0 Å². The summed E-state index contributed by atoms with van der Waals surface area (Å²) < 4.78 is 57.1. The third-order valence-corrected chi connectivity index (χ3v) is 6.21. The first kappa shape index (κ1) is 27.0. The molecule has 1 heterocycles. The van der Waals surface area contributed by atoms with Gasteiger partial charge in [0.2, 0.25) is 11.2 Å². The molecule has 0 amide bonds. The number of fused-ring (bicyclic) bond motifs is 1. The molecule has 0 radical (unpaired) electrons. The number of hydrogen-bond donors (Lipinski definition) is 0. The normalized spacial score (nSPS) is 11.4. The number of carbonyl (C=O) groups is 1. The maximum Gasteiger partial charge on any atom is 0.453 e. The minimum atomic E-state index is -5.12. The van der Waals surface area contributed by atoms with Gasteiger partial charge in [0.25, 0.3) is 11.4 Å². The number of carbonyl (C=O) groups excluding carboxylic acids is 1. The van der Waals surface area contributed by atoms with Crippen LogP contribution in [0.15, 0.2) is 57.7 Å². The van der Waals surface area contributed by atoms with Crippen molar-refractivity contribution in [3.8, 4) is 17.2 Å². The SMILES string of the molecule is Cc1cc(Oc2c(C(F)(F)F)oc3cc(OC(=O)c4ccc(Cl)c([N+](=O)[O-])c4)ccc3c2=O)cc(C)c1Cl. The highest BCUT2D eigenvalue weighted by atomic mass is 35.5. The van der Waals surface area contributed by atoms with Crippen molar-refractivity contribution in [2.75, 3.05) is 0 Å². The van der Waals surface area contributed by atoms with Crippen molar-refractivity contribution < 1.29 is 36.8 Å². The summed E-state index contributed by atoms with van der Waals surface area (Å²) in [6, 6.07) is 9.09. The summed E-state index contributed by atoms with van der Waals surface area (Å²) in [6.45, 7) is 3.25. The van der Waals surface area contributed by atoms with Crippen molar-refractivity contribution in [1.82, 2.24) is 0 Å². The molecule has 0 saturated carbocycles. The Balaban J connectivity index is 1.75. The third-order valence-electron chi connectivity index (χ3n) is 5.30. The van der Waals surface area contributed by atoms with Gasteiger partial charge >= 0.3 is 12.1 Å². The van der Waals surface area contributed by atoms with Gasteiger partial charge in [-0.25, -0.2) is 4.79 Å². The number of benzene rings is 3. The van der Waals surface area contributed by atoms with E-state index in [9.17, 15) is 32.9 Å². The van der Waals surface area contributed by atoms with Crippen LogP contribution in [0.2, 0.25) is 10.0 Å². The minimum absolute atomic E-state index is 0.0517. The first-order chi connectivity index (χ1) is 17.8. The van der Waals surface area contributed by atoms with Crippen molar-refractivity contribution in [1.29, 1.82) is 0 Å². The zero-order valence-electron chi connectivity index (χ0n) is 19.3. The van der Waals surface area contributed by atoms with Gasteiger partial charge in [-0.2, -0.15) is 13.2 Å². The topological polar surface area (TPSA) is 109 Å². The lowest BCUT2D eigenvalue weighted by Crippen LogP contribution is -2.16. The van der Waals surface area contributed by atoms with Crippen molar-refractivity contribution in [2.24, 2.45) is 0 Å². The van der Waals surface area contributed by atoms with Crippen LogP contribution >= 0.6 is 23.2 Å². The molecule has 0 saturated heterocycles. The zero-order chi connectivity index (χ0) is 27.9. The van der Waals surface area contributed by atoms with Crippen molar-refractivity contribution in [3.05, 3.63) is 101 Å². The molecule has 3 aromatic carbocycles. The molecule has 0 atom stereocenters. The van der Waals surface area contributed by atoms with E-state index in [2.05, 4.69) is 0 Å². The molecule has 0 unspecified atom stereocenters. The molecule has 4 rings (SSSR count). The summed E-state index contributed by atoms with van der Waals surface area (Å²) >= 11 is 11.8. The predicted molar refractivity (Wildman–Crippen MR) is 132 cm³/mol. The molecule has 0 spiro atoms. The van der Waals surface area contributed by atoms with Gasteiger partial charge in [-0.15, -0.1) is 0 Å². The average molecular weight is 568 g/mol. The Morgan fingerprint density at radius 3 is 2.26 bits per heavy atom. The fraction of sp³-hybridized carbons (Fsp3) is 0.120. The first-order valence-electron chi connectivity index (χ1n) is 10.5. The Bertz CT molecular complexity index is 1660. The Labute approximate surface area is 221 Å². The highest BCUT2D eigenvalue weighted by Gasteiger charge is 2.40. The van der Waals surface area contributed by atoms with E-state index in [1.165, 1.54) is 18.2 Å². The zero-order valence-corrected chi connectivity index (χ0v) is 20.8. The summed E-state index contributed by atoms with van der Waals surface area (Å²) in [5.41, 5.74) is -1.38. The summed E-state index contributed by atoms with van der Waals surface area (Å²) in [5, 5.41) is 11.0. The lowest BCUT2D eigenvalue weighted by atomic mass is 10.1. The number of rotatable bonds is 5. The number of hydrogen-bond acceptors (Lipinski definition) is 7. The van der Waals surface area contributed by atoms with Crippen LogP contribution in [0.5, 0.6) is 17.2 Å². The minimum Gasteiger partial charge on any atom is -0.449 e. The lowest BCUT2D eigenvalue weighted by Gasteiger charge is -2.15. The molecule has 0 fully saturated rings. The maximum absolute atomic E-state index is 13.9. The monoisotopic (exact) mass is 567 g/mol. The fourth-order valence-electron chi connectivity index (χ4n) is 3.53. The predicted octanol–water partition coefficient (Wildman–Crippen LogP) is 7.66. The summed E-state index contributed by atoms with van der Waals surface area (Å²) in [5.74, 6) is -4.17. The number of ether oxygens (including phenoxy) is 2. The standard InChI is InChI=1S/C25H14Cl2F3NO7/c1-11-7-15(8-12(2)20(11)27)36-22-21(32)16-5-4-14(10-19(16)38-23(22)25(28,29)30)37-24(33)13-3-6-17(26)18(9-13)31(34)35/h3-10H,1-2H3. The molecule has 0 aliphatic heterocycles. The molecule has 0 bridgehead atoms. The maximum atomic E-state index is 13.9. The van der Waals surface area contributed by atoms with E-state index < -0.39 is 45.3 Å². The van der Waals surface area contributed by atoms with Crippen LogP contribution in [0.3, 0.4) is 0 Å². The van der Waals surface area contributed by atoms with Gasteiger partial charge in [0.15, 0.2) is 0 Å². The van der Waals surface area contributed by atoms with Crippen molar-refractivity contribution in [3.63, 3.8) is 0 Å². The lowest BCUT2D eigenvalue weighted by molar-refractivity contribution is -0.384. The van der Waals surface area contributed by atoms with Crippen LogP contribution in [0.4, 0.5) is 18.9 Å². The third kappa shape index (κ3) is 5.29. The number of aryl methyl sites for hydroxylation is 2. The Hall–Kier alpha value is -4.09. The smallest absolute Gasteiger partial charge is 0.449 e. The molecule has 0 aliphatic rings. The van der Waals surface area contributed by atoms with Crippen LogP contribution in [-0.2, 0) is 6.18 Å². The molecule has 1 aromatic heterocycles. The molecular formula is C25H14Cl2F3NO7. The second-order valence-corrected chi connectivity index (χ2v) is 8.82. The van der Waals surface area contributed by atoms with Gasteiger partial charge in [-0.3, -0.25) is 14.9 Å². The van der Waals surface area contributed by atoms with E-state index in [4.69, 9.17) is 37.1 Å². The molecule has 38 heavy (non-hydrogen) atoms. The van der Waals surface area contributed by atoms with E-state index in [1.807, 2.05) is 0 Å². The Kier molecular flexibility index (Phi) is 7.09. The second kappa shape index (κ2) is 9.99. The van der Waals surface area contributed by atoms with E-state index in [1.54, 1.807) is 13.8 Å². The van der Waals surface area contributed by atoms with Gasteiger partial charge in [0.05, 0.1) is 15.9 Å². The number of nitrogens with zero attached hydrogens (tertiary/aromatic N) is 1. The summed E-state index contributed by atoms with van der Waals surface area (Å²) in [7, 11) is 0. The highest BCUT2D eigenvalue weighted by Crippen LogP contribution is 2.39. The second-order valence-electron chi connectivity index (χ2n) is 8.03. The molecular weight excluding hydrogens is 554 g/mol. The van der Waals surface area contributed by atoms with E-state index in [0.29, 0.717) is 16.1 Å². The van der Waals surface area contributed by atoms with Gasteiger partial charge in [0, 0.05) is 17.2 Å². The Morgan fingerprint density at radius 1 is 1.00 bits per heavy atom. The van der Waals surface area contributed by atoms with Crippen LogP contribution in [0.1, 0.15) is 27.2 Å². The van der Waals surface area contributed by atoms with Crippen LogP contribution in [0, 0.1) is 24.0 Å². The highest BCUT2D eigenvalue weighted by molar-refractivity contribution is 6.32. The summed E-state index contributed by atoms with van der Waals surface area (Å²) in [4.78, 5) is 35.8. The molecule has 0 N–H and O–H groups in total. The fourth-order valence-corrected chi connectivity index (χ4v) is 3.82. The number of halogens is 5. The van der Waals surface area contributed by atoms with Crippen LogP contribution in [0.25, 0.3) is 11.0 Å². The number of nitro benzene ring substituents is 1. The van der Waals surface area contributed by atoms with Crippen molar-refractivity contribution >= 4 is 45.8 Å². The first-order valence-corrected chi connectivity index (χ1v) is 11.3. The number of alkyl halides is 3. The molecule has 4 aromatic rings. The molecule has 196 valence electrons. The largest absolute Gasteiger partial charge is 0.453 e.